The molecule has 0 atom stereocenters. The molecule has 1 aromatic heterocycles. The lowest BCUT2D eigenvalue weighted by Crippen LogP contribution is -2.14. The molecule has 13 heavy (non-hydrogen) atoms. The normalized spacial score (nSPS) is 20.4. The Kier molecular flexibility index (Phi) is 2.20. The standard InChI is InChI=1S/C9H13N2OP/c1-8-6-10-9(11-7-8)13(12)4-2-3-5-13/h6-7H,2-5H2,1H3. The minimum absolute atomic E-state index is 0.593. The summed E-state index contributed by atoms with van der Waals surface area (Å²) in [5.74, 6) is 0. The lowest BCUT2D eigenvalue weighted by Gasteiger charge is -2.07. The Labute approximate surface area is 78.0 Å². The third kappa shape index (κ3) is 1.66. The lowest BCUT2D eigenvalue weighted by atomic mass is 10.4. The van der Waals surface area contributed by atoms with Crippen molar-refractivity contribution in [2.24, 2.45) is 0 Å². The average molecular weight is 196 g/mol. The zero-order chi connectivity index (χ0) is 9.31. The fourth-order valence-electron chi connectivity index (χ4n) is 1.64. The molecule has 1 aliphatic heterocycles. The van der Waals surface area contributed by atoms with Crippen LogP contribution in [0.1, 0.15) is 18.4 Å². The maximum absolute atomic E-state index is 12.2. The smallest absolute Gasteiger partial charge is 0.188 e. The number of rotatable bonds is 1. The van der Waals surface area contributed by atoms with E-state index in [1.54, 1.807) is 12.4 Å². The highest BCUT2D eigenvalue weighted by molar-refractivity contribution is 7.71. The Bertz CT molecular complexity index is 337. The highest BCUT2D eigenvalue weighted by Crippen LogP contribution is 2.49. The summed E-state index contributed by atoms with van der Waals surface area (Å²) in [6.45, 7) is 1.94. The van der Waals surface area contributed by atoms with E-state index in [0.717, 1.165) is 30.7 Å². The van der Waals surface area contributed by atoms with Crippen molar-refractivity contribution in [3.8, 4) is 0 Å². The summed E-state index contributed by atoms with van der Waals surface area (Å²) in [5.41, 5.74) is 1.62. The van der Waals surface area contributed by atoms with Gasteiger partial charge >= 0.3 is 0 Å². The molecule has 0 N–H and O–H groups in total. The fourth-order valence-corrected chi connectivity index (χ4v) is 4.27. The maximum Gasteiger partial charge on any atom is 0.188 e. The summed E-state index contributed by atoms with van der Waals surface area (Å²) in [5, 5.41) is 0. The van der Waals surface area contributed by atoms with Crippen LogP contribution < -0.4 is 5.57 Å². The van der Waals surface area contributed by atoms with Crippen LogP contribution in [0.25, 0.3) is 0 Å². The van der Waals surface area contributed by atoms with Gasteiger partial charge in [-0.2, -0.15) is 0 Å². The fraction of sp³-hybridized carbons (Fsp3) is 0.556. The molecule has 0 radical (unpaired) electrons. The van der Waals surface area contributed by atoms with Gasteiger partial charge in [0.05, 0.1) is 0 Å². The van der Waals surface area contributed by atoms with Gasteiger partial charge in [0.2, 0.25) is 0 Å². The van der Waals surface area contributed by atoms with E-state index in [9.17, 15) is 4.57 Å². The predicted molar refractivity (Wildman–Crippen MR) is 53.0 cm³/mol. The first kappa shape index (κ1) is 8.89. The molecule has 0 bridgehead atoms. The zero-order valence-corrected chi connectivity index (χ0v) is 8.63. The van der Waals surface area contributed by atoms with Crippen LogP contribution in [0.5, 0.6) is 0 Å². The second-order valence-corrected chi connectivity index (χ2v) is 6.68. The molecule has 1 aromatic rings. The molecule has 2 rings (SSSR count). The van der Waals surface area contributed by atoms with Crippen molar-refractivity contribution in [2.45, 2.75) is 19.8 Å². The second-order valence-electron chi connectivity index (χ2n) is 3.60. The first-order valence-corrected chi connectivity index (χ1v) is 6.66. The van der Waals surface area contributed by atoms with E-state index in [0.29, 0.717) is 5.57 Å². The minimum Gasteiger partial charge on any atom is -0.315 e. The molecule has 70 valence electrons. The van der Waals surface area contributed by atoms with E-state index in [1.807, 2.05) is 6.92 Å². The molecular weight excluding hydrogens is 183 g/mol. The summed E-state index contributed by atoms with van der Waals surface area (Å²) in [6, 6.07) is 0. The Balaban J connectivity index is 2.35. The van der Waals surface area contributed by atoms with Gasteiger partial charge < -0.3 is 4.57 Å². The van der Waals surface area contributed by atoms with Crippen molar-refractivity contribution < 1.29 is 4.57 Å². The molecule has 3 nitrogen and oxygen atoms in total. The summed E-state index contributed by atoms with van der Waals surface area (Å²) in [4.78, 5) is 8.32. The van der Waals surface area contributed by atoms with Crippen LogP contribution in [0.4, 0.5) is 0 Å². The van der Waals surface area contributed by atoms with Gasteiger partial charge in [-0.3, -0.25) is 0 Å². The molecule has 0 saturated carbocycles. The van der Waals surface area contributed by atoms with Gasteiger partial charge in [0.1, 0.15) is 0 Å². The molecule has 0 aliphatic carbocycles. The van der Waals surface area contributed by atoms with Crippen molar-refractivity contribution in [1.29, 1.82) is 0 Å². The Morgan fingerprint density at radius 2 is 1.77 bits per heavy atom. The third-order valence-corrected chi connectivity index (χ3v) is 5.46. The largest absolute Gasteiger partial charge is 0.315 e. The van der Waals surface area contributed by atoms with Crippen LogP contribution >= 0.6 is 7.14 Å². The second kappa shape index (κ2) is 3.22. The quantitative estimate of drug-likeness (QED) is 0.640. The first-order chi connectivity index (χ1) is 6.21. The van der Waals surface area contributed by atoms with Crippen molar-refractivity contribution in [1.82, 2.24) is 9.97 Å². The van der Waals surface area contributed by atoms with Gasteiger partial charge in [-0.1, -0.05) is 0 Å². The van der Waals surface area contributed by atoms with Crippen LogP contribution in [0.2, 0.25) is 0 Å². The average Bonchev–Trinajstić information content (AvgIpc) is 2.54. The topological polar surface area (TPSA) is 42.9 Å². The van der Waals surface area contributed by atoms with E-state index in [-0.39, 0.29) is 0 Å². The maximum atomic E-state index is 12.2. The van der Waals surface area contributed by atoms with E-state index in [4.69, 9.17) is 0 Å². The molecule has 1 saturated heterocycles. The summed E-state index contributed by atoms with van der Waals surface area (Å²) in [7, 11) is -2.16. The molecule has 0 aromatic carbocycles. The zero-order valence-electron chi connectivity index (χ0n) is 7.73. The first-order valence-electron chi connectivity index (χ1n) is 4.58. The highest BCUT2D eigenvalue weighted by Gasteiger charge is 2.31. The van der Waals surface area contributed by atoms with Gasteiger partial charge in [0, 0.05) is 24.7 Å². The van der Waals surface area contributed by atoms with Crippen LogP contribution in [0, 0.1) is 6.92 Å². The number of nitrogens with zero attached hydrogens (tertiary/aromatic N) is 2. The van der Waals surface area contributed by atoms with Gasteiger partial charge in [-0.25, -0.2) is 9.97 Å². The van der Waals surface area contributed by atoms with Crippen molar-refractivity contribution in [3.05, 3.63) is 18.0 Å². The predicted octanol–water partition coefficient (Wildman–Crippen LogP) is 1.57. The summed E-state index contributed by atoms with van der Waals surface area (Å²) in [6.07, 6.45) is 7.23. The van der Waals surface area contributed by atoms with Crippen molar-refractivity contribution in [3.63, 3.8) is 0 Å². The Hall–Kier alpha value is -0.690. The summed E-state index contributed by atoms with van der Waals surface area (Å²) >= 11 is 0. The monoisotopic (exact) mass is 196 g/mol. The van der Waals surface area contributed by atoms with E-state index in [1.165, 1.54) is 0 Å². The molecule has 1 fully saturated rings. The van der Waals surface area contributed by atoms with Crippen LogP contribution in [0.3, 0.4) is 0 Å². The van der Waals surface area contributed by atoms with E-state index >= 15 is 0 Å². The van der Waals surface area contributed by atoms with Gasteiger partial charge in [-0.05, 0) is 25.3 Å². The SMILES string of the molecule is Cc1cnc(P2(=O)CCCC2)nc1. The number of aryl methyl sites for hydroxylation is 1. The third-order valence-electron chi connectivity index (χ3n) is 2.42. The number of aromatic nitrogens is 2. The van der Waals surface area contributed by atoms with Crippen LogP contribution in [-0.2, 0) is 4.57 Å². The summed E-state index contributed by atoms with van der Waals surface area (Å²) < 4.78 is 12.2. The van der Waals surface area contributed by atoms with E-state index in [2.05, 4.69) is 9.97 Å². The number of hydrogen-bond donors (Lipinski definition) is 0. The molecule has 4 heteroatoms. The van der Waals surface area contributed by atoms with Crippen molar-refractivity contribution in [2.75, 3.05) is 12.3 Å². The Morgan fingerprint density at radius 1 is 1.23 bits per heavy atom. The van der Waals surface area contributed by atoms with Gasteiger partial charge in [-0.15, -0.1) is 0 Å². The van der Waals surface area contributed by atoms with Gasteiger partial charge in [0.25, 0.3) is 0 Å². The molecule has 0 spiro atoms. The molecule has 2 heterocycles. The van der Waals surface area contributed by atoms with Crippen LogP contribution in [-0.4, -0.2) is 22.3 Å². The van der Waals surface area contributed by atoms with Crippen LogP contribution in [0.15, 0.2) is 12.4 Å². The molecule has 0 amide bonds. The Morgan fingerprint density at radius 3 is 2.31 bits per heavy atom. The minimum atomic E-state index is -2.16. The molecule has 1 aliphatic rings. The van der Waals surface area contributed by atoms with Gasteiger partial charge in [0.15, 0.2) is 12.7 Å². The highest BCUT2D eigenvalue weighted by atomic mass is 31.2. The lowest BCUT2D eigenvalue weighted by molar-refractivity contribution is 0.583. The van der Waals surface area contributed by atoms with Crippen molar-refractivity contribution >= 4 is 12.7 Å². The molecule has 0 unspecified atom stereocenters. The van der Waals surface area contributed by atoms with E-state index < -0.39 is 7.14 Å². The molecular formula is C9H13N2OP. The number of hydrogen-bond acceptors (Lipinski definition) is 3.